The monoisotopic (exact) mass is 481 g/mol. The van der Waals surface area contributed by atoms with Crippen molar-refractivity contribution in [3.8, 4) is 22.6 Å². The van der Waals surface area contributed by atoms with Crippen molar-refractivity contribution in [3.63, 3.8) is 0 Å². The molecule has 35 heavy (non-hydrogen) atoms. The van der Waals surface area contributed by atoms with Crippen molar-refractivity contribution in [3.05, 3.63) is 47.5 Å². The molecule has 2 aromatic carbocycles. The molecule has 0 aromatic heterocycles. The molecule has 0 spiro atoms. The number of carbonyl (C=O) groups excluding carboxylic acids is 3. The molecule has 0 saturated carbocycles. The molecule has 0 fully saturated rings. The summed E-state index contributed by atoms with van der Waals surface area (Å²) in [6, 6.07) is 10.5. The Balaban J connectivity index is 1.88. The highest BCUT2D eigenvalue weighted by Crippen LogP contribution is 2.33. The first-order chi connectivity index (χ1) is 16.8. The predicted molar refractivity (Wildman–Crippen MR) is 134 cm³/mol. The topological polar surface area (TPSA) is 108 Å². The summed E-state index contributed by atoms with van der Waals surface area (Å²) in [5.74, 6) is 0.108. The summed E-state index contributed by atoms with van der Waals surface area (Å²) in [5.41, 5.74) is 2.61. The molecule has 3 rings (SSSR count). The number of phenolic OH excluding ortho intramolecular Hbond substituents is 1. The molecular weight excluding hydrogens is 446 g/mol. The van der Waals surface area contributed by atoms with Crippen LogP contribution in [0, 0.1) is 5.92 Å². The van der Waals surface area contributed by atoms with Gasteiger partial charge in [-0.15, -0.1) is 0 Å². The second-order valence-corrected chi connectivity index (χ2v) is 9.06. The number of ether oxygens (including phenoxy) is 1. The molecule has 0 unspecified atom stereocenters. The number of fused-ring (bicyclic) bond motifs is 5. The van der Waals surface area contributed by atoms with Gasteiger partial charge in [0.1, 0.15) is 11.5 Å². The number of nitrogens with one attached hydrogen (secondary N) is 2. The second kappa shape index (κ2) is 12.2. The van der Waals surface area contributed by atoms with Gasteiger partial charge >= 0.3 is 0 Å². The number of carbonyl (C=O) groups is 3. The zero-order chi connectivity index (χ0) is 25.4. The lowest BCUT2D eigenvalue weighted by Gasteiger charge is -2.24. The smallest absolute Gasteiger partial charge is 0.255 e. The molecule has 1 aliphatic rings. The average Bonchev–Trinajstić information content (AvgIpc) is 2.85. The summed E-state index contributed by atoms with van der Waals surface area (Å²) < 4.78 is 5.40. The van der Waals surface area contributed by atoms with Crippen LogP contribution in [-0.4, -0.2) is 61.0 Å². The first kappa shape index (κ1) is 26.1. The van der Waals surface area contributed by atoms with E-state index in [1.807, 2.05) is 26.0 Å². The maximum atomic E-state index is 13.0. The van der Waals surface area contributed by atoms with E-state index in [-0.39, 0.29) is 29.4 Å². The Bertz CT molecular complexity index is 1070. The summed E-state index contributed by atoms with van der Waals surface area (Å²) in [7, 11) is 1.51. The van der Waals surface area contributed by atoms with E-state index in [9.17, 15) is 19.5 Å². The lowest BCUT2D eigenvalue weighted by atomic mass is 9.98. The SMILES string of the molecule is COc1ccc2cc1C(=O)NCCCN(C(=O)C(C)C)CCCC(=O)NCCc1ccc(O)c-2c1. The van der Waals surface area contributed by atoms with Crippen LogP contribution in [-0.2, 0) is 16.0 Å². The van der Waals surface area contributed by atoms with Crippen molar-refractivity contribution < 1.29 is 24.2 Å². The van der Waals surface area contributed by atoms with E-state index < -0.39 is 0 Å². The van der Waals surface area contributed by atoms with Crippen LogP contribution in [0.25, 0.3) is 11.1 Å². The number of aromatic hydroxyl groups is 1. The standard InChI is InChI=1S/C27H35N3O5/c1-18(2)27(34)30-14-4-6-25(32)28-13-11-19-7-9-23(31)21(16-19)20-8-10-24(35-3)22(17-20)26(33)29-12-5-15-30/h7-10,16-18,31H,4-6,11-15H2,1-3H3,(H,28,32)(H,29,33). The summed E-state index contributed by atoms with van der Waals surface area (Å²) in [5, 5.41) is 16.3. The highest BCUT2D eigenvalue weighted by Gasteiger charge is 2.19. The number of hydrogen-bond acceptors (Lipinski definition) is 5. The predicted octanol–water partition coefficient (Wildman–Crippen LogP) is 3.12. The Morgan fingerprint density at radius 1 is 0.971 bits per heavy atom. The molecule has 0 aliphatic carbocycles. The van der Waals surface area contributed by atoms with Gasteiger partial charge in [0, 0.05) is 44.1 Å². The molecule has 4 bridgehead atoms. The van der Waals surface area contributed by atoms with E-state index in [4.69, 9.17) is 4.74 Å². The molecule has 3 amide bonds. The van der Waals surface area contributed by atoms with E-state index in [1.54, 1.807) is 29.2 Å². The number of hydrogen-bond donors (Lipinski definition) is 3. The van der Waals surface area contributed by atoms with Crippen LogP contribution >= 0.6 is 0 Å². The molecule has 0 atom stereocenters. The van der Waals surface area contributed by atoms with Crippen LogP contribution in [0.4, 0.5) is 0 Å². The summed E-state index contributed by atoms with van der Waals surface area (Å²) in [4.78, 5) is 39.7. The number of amides is 3. The third kappa shape index (κ3) is 6.97. The van der Waals surface area contributed by atoms with Crippen LogP contribution in [0.5, 0.6) is 11.5 Å². The Kier molecular flexibility index (Phi) is 9.11. The molecule has 1 heterocycles. The molecule has 2 aromatic rings. The first-order valence-corrected chi connectivity index (χ1v) is 12.1. The number of rotatable bonds is 2. The van der Waals surface area contributed by atoms with E-state index in [0.717, 1.165) is 5.56 Å². The quantitative estimate of drug-likeness (QED) is 0.611. The minimum Gasteiger partial charge on any atom is -0.507 e. The lowest BCUT2D eigenvalue weighted by molar-refractivity contribution is -0.135. The lowest BCUT2D eigenvalue weighted by Crippen LogP contribution is -2.38. The van der Waals surface area contributed by atoms with Crippen molar-refractivity contribution in [1.82, 2.24) is 15.5 Å². The van der Waals surface area contributed by atoms with Crippen LogP contribution in [0.2, 0.25) is 0 Å². The van der Waals surface area contributed by atoms with Crippen molar-refractivity contribution in [2.75, 3.05) is 33.3 Å². The van der Waals surface area contributed by atoms with Gasteiger partial charge in [-0.2, -0.15) is 0 Å². The summed E-state index contributed by atoms with van der Waals surface area (Å²) in [6.45, 7) is 5.56. The number of methoxy groups -OCH3 is 1. The third-order valence-electron chi connectivity index (χ3n) is 6.08. The summed E-state index contributed by atoms with van der Waals surface area (Å²) >= 11 is 0. The van der Waals surface area contributed by atoms with Crippen LogP contribution in [0.3, 0.4) is 0 Å². The van der Waals surface area contributed by atoms with Gasteiger partial charge in [0.05, 0.1) is 12.7 Å². The molecule has 8 nitrogen and oxygen atoms in total. The zero-order valence-corrected chi connectivity index (χ0v) is 20.7. The largest absolute Gasteiger partial charge is 0.507 e. The maximum absolute atomic E-state index is 13.0. The average molecular weight is 482 g/mol. The highest BCUT2D eigenvalue weighted by molar-refractivity contribution is 5.98. The van der Waals surface area contributed by atoms with Crippen molar-refractivity contribution in [1.29, 1.82) is 0 Å². The Morgan fingerprint density at radius 3 is 2.49 bits per heavy atom. The van der Waals surface area contributed by atoms with Gasteiger partial charge in [-0.05, 0) is 54.7 Å². The highest BCUT2D eigenvalue weighted by atomic mass is 16.5. The van der Waals surface area contributed by atoms with Gasteiger partial charge in [0.15, 0.2) is 0 Å². The van der Waals surface area contributed by atoms with Gasteiger partial charge in [-0.1, -0.05) is 26.0 Å². The van der Waals surface area contributed by atoms with Crippen molar-refractivity contribution >= 4 is 17.7 Å². The van der Waals surface area contributed by atoms with E-state index in [0.29, 0.717) is 74.3 Å². The number of nitrogens with zero attached hydrogens (tertiary/aromatic N) is 1. The van der Waals surface area contributed by atoms with E-state index >= 15 is 0 Å². The van der Waals surface area contributed by atoms with Gasteiger partial charge in [0.25, 0.3) is 5.91 Å². The molecule has 1 aliphatic heterocycles. The van der Waals surface area contributed by atoms with Crippen molar-refractivity contribution in [2.45, 2.75) is 39.5 Å². The van der Waals surface area contributed by atoms with Crippen LogP contribution in [0.1, 0.15) is 49.0 Å². The van der Waals surface area contributed by atoms with Crippen LogP contribution < -0.4 is 15.4 Å². The molecule has 188 valence electrons. The fourth-order valence-electron chi connectivity index (χ4n) is 4.15. The number of phenols is 1. The summed E-state index contributed by atoms with van der Waals surface area (Å²) in [6.07, 6.45) is 2.09. The molecule has 3 N–H and O–H groups in total. The first-order valence-electron chi connectivity index (χ1n) is 12.1. The second-order valence-electron chi connectivity index (χ2n) is 9.06. The molecular formula is C27H35N3O5. The van der Waals surface area contributed by atoms with Crippen molar-refractivity contribution in [2.24, 2.45) is 5.92 Å². The van der Waals surface area contributed by atoms with Gasteiger partial charge in [-0.25, -0.2) is 0 Å². The fourth-order valence-corrected chi connectivity index (χ4v) is 4.15. The molecule has 8 heteroatoms. The Labute approximate surface area is 206 Å². The molecule has 0 radical (unpaired) electrons. The third-order valence-corrected chi connectivity index (χ3v) is 6.08. The minimum atomic E-state index is -0.284. The number of benzene rings is 2. The minimum absolute atomic E-state index is 0.0380. The maximum Gasteiger partial charge on any atom is 0.255 e. The Hall–Kier alpha value is -3.55. The van der Waals surface area contributed by atoms with E-state index in [2.05, 4.69) is 10.6 Å². The van der Waals surface area contributed by atoms with Crippen LogP contribution in [0.15, 0.2) is 36.4 Å². The van der Waals surface area contributed by atoms with Gasteiger partial charge in [0.2, 0.25) is 11.8 Å². The van der Waals surface area contributed by atoms with Gasteiger partial charge < -0.3 is 25.4 Å². The normalized spacial score (nSPS) is 15.9. The van der Waals surface area contributed by atoms with Gasteiger partial charge in [-0.3, -0.25) is 14.4 Å². The zero-order valence-electron chi connectivity index (χ0n) is 20.7. The Morgan fingerprint density at radius 2 is 1.74 bits per heavy atom. The fraction of sp³-hybridized carbons (Fsp3) is 0.444. The van der Waals surface area contributed by atoms with E-state index in [1.165, 1.54) is 7.11 Å². The molecule has 0 saturated heterocycles.